The van der Waals surface area contributed by atoms with Crippen molar-refractivity contribution in [2.45, 2.75) is 37.8 Å². The molecule has 3 heterocycles. The van der Waals surface area contributed by atoms with Crippen molar-refractivity contribution >= 4 is 33.1 Å². The van der Waals surface area contributed by atoms with E-state index in [0.29, 0.717) is 29.0 Å². The number of thiophene rings is 1. The number of aromatic nitrogens is 1. The molecule has 0 unspecified atom stereocenters. The second kappa shape index (κ2) is 9.05. The Bertz CT molecular complexity index is 1510. The number of hydrogen-bond donors (Lipinski definition) is 2. The van der Waals surface area contributed by atoms with Gasteiger partial charge in [0.1, 0.15) is 12.4 Å². The molecule has 6 nitrogen and oxygen atoms in total. The van der Waals surface area contributed by atoms with Gasteiger partial charge in [0.25, 0.3) is 5.91 Å². The average molecular weight is 495 g/mol. The maximum absolute atomic E-state index is 13.6. The van der Waals surface area contributed by atoms with E-state index in [4.69, 9.17) is 11.3 Å². The van der Waals surface area contributed by atoms with Gasteiger partial charge in [0.15, 0.2) is 0 Å². The van der Waals surface area contributed by atoms with Crippen LogP contribution < -0.4 is 15.4 Å². The van der Waals surface area contributed by atoms with Gasteiger partial charge in [-0.05, 0) is 85.8 Å². The fraction of sp³-hybridized carbons (Fsp3) is 0.276. The monoisotopic (exact) mass is 494 g/mol. The number of hydrogen-bond acceptors (Lipinski definition) is 5. The van der Waals surface area contributed by atoms with E-state index in [-0.39, 0.29) is 5.91 Å². The third kappa shape index (κ3) is 4.23. The third-order valence-electron chi connectivity index (χ3n) is 7.16. The second-order valence-corrected chi connectivity index (χ2v) is 10.7. The molecule has 7 heteroatoms. The van der Waals surface area contributed by atoms with Crippen molar-refractivity contribution in [3.63, 3.8) is 0 Å². The molecule has 180 valence electrons. The molecule has 0 radical (unpaired) electrons. The van der Waals surface area contributed by atoms with Crippen LogP contribution in [0.5, 0.6) is 5.75 Å². The molecule has 1 amide bonds. The summed E-state index contributed by atoms with van der Waals surface area (Å²) in [6.45, 7) is 10.9. The van der Waals surface area contributed by atoms with Crippen molar-refractivity contribution in [3.8, 4) is 16.2 Å². The van der Waals surface area contributed by atoms with Crippen molar-refractivity contribution < 1.29 is 9.53 Å². The van der Waals surface area contributed by atoms with E-state index >= 15 is 0 Å². The molecule has 1 aliphatic heterocycles. The topological polar surface area (TPSA) is 67.6 Å². The Labute approximate surface area is 214 Å². The Morgan fingerprint density at radius 2 is 2.11 bits per heavy atom. The first-order chi connectivity index (χ1) is 17.5. The van der Waals surface area contributed by atoms with Crippen LogP contribution in [0.15, 0.2) is 60.8 Å². The van der Waals surface area contributed by atoms with Crippen LogP contribution in [0, 0.1) is 13.5 Å². The Morgan fingerprint density at radius 3 is 2.83 bits per heavy atom. The minimum atomic E-state index is -0.437. The van der Waals surface area contributed by atoms with Gasteiger partial charge in [-0.2, -0.15) is 11.3 Å². The van der Waals surface area contributed by atoms with Gasteiger partial charge in [0, 0.05) is 28.1 Å². The molecule has 36 heavy (non-hydrogen) atoms. The summed E-state index contributed by atoms with van der Waals surface area (Å²) in [7, 11) is 0. The molecule has 1 saturated heterocycles. The van der Waals surface area contributed by atoms with Crippen LogP contribution in [0.25, 0.3) is 26.2 Å². The predicted octanol–water partition coefficient (Wildman–Crippen LogP) is 5.98. The molecule has 0 spiro atoms. The smallest absolute Gasteiger partial charge is 0.252 e. The number of carbonyl (C=O) groups excluding carboxylic acids is 1. The van der Waals surface area contributed by atoms with E-state index in [9.17, 15) is 4.79 Å². The van der Waals surface area contributed by atoms with Crippen LogP contribution in [0.3, 0.4) is 0 Å². The Kier molecular flexibility index (Phi) is 5.71. The lowest BCUT2D eigenvalue weighted by molar-refractivity contribution is 0.0930. The number of benzene rings is 2. The first-order valence-electron chi connectivity index (χ1n) is 12.2. The van der Waals surface area contributed by atoms with Crippen molar-refractivity contribution in [3.05, 3.63) is 88.9 Å². The van der Waals surface area contributed by atoms with Crippen LogP contribution in [0.2, 0.25) is 0 Å². The zero-order valence-corrected chi connectivity index (χ0v) is 20.8. The fourth-order valence-corrected chi connectivity index (χ4v) is 5.54. The molecular weight excluding hydrogens is 468 g/mol. The summed E-state index contributed by atoms with van der Waals surface area (Å²) in [5.41, 5.74) is 4.11. The van der Waals surface area contributed by atoms with E-state index in [1.165, 1.54) is 11.3 Å². The zero-order chi connectivity index (χ0) is 24.7. The fourth-order valence-electron chi connectivity index (χ4n) is 4.76. The highest BCUT2D eigenvalue weighted by atomic mass is 32.1. The SMILES string of the molecule is [C-]#[N+]c1ccc(-c2cc(C3(NC(=O)c4cc(OC[C@@H]5CCN5)ccc4C)CC3)c3cccnc3c2)s1. The maximum atomic E-state index is 13.6. The lowest BCUT2D eigenvalue weighted by Crippen LogP contribution is -2.46. The number of aryl methyl sites for hydroxylation is 1. The van der Waals surface area contributed by atoms with Crippen LogP contribution in [0.1, 0.15) is 40.7 Å². The summed E-state index contributed by atoms with van der Waals surface area (Å²) >= 11 is 1.47. The van der Waals surface area contributed by atoms with Gasteiger partial charge in [0.05, 0.1) is 17.6 Å². The van der Waals surface area contributed by atoms with E-state index in [1.54, 1.807) is 6.20 Å². The lowest BCUT2D eigenvalue weighted by atomic mass is 9.95. The summed E-state index contributed by atoms with van der Waals surface area (Å²) in [5, 5.41) is 8.40. The van der Waals surface area contributed by atoms with Gasteiger partial charge in [0.2, 0.25) is 5.00 Å². The highest BCUT2D eigenvalue weighted by molar-refractivity contribution is 7.19. The molecule has 2 aromatic carbocycles. The third-order valence-corrected chi connectivity index (χ3v) is 8.18. The summed E-state index contributed by atoms with van der Waals surface area (Å²) in [5.74, 6) is 0.625. The van der Waals surface area contributed by atoms with E-state index in [2.05, 4.69) is 38.7 Å². The van der Waals surface area contributed by atoms with Gasteiger partial charge < -0.3 is 15.4 Å². The quantitative estimate of drug-likeness (QED) is 0.310. The Hall–Kier alpha value is -3.73. The number of carbonyl (C=O) groups is 1. The first kappa shape index (κ1) is 22.7. The largest absolute Gasteiger partial charge is 0.492 e. The minimum absolute atomic E-state index is 0.0916. The van der Waals surface area contributed by atoms with Gasteiger partial charge in [-0.1, -0.05) is 18.2 Å². The van der Waals surface area contributed by atoms with Crippen LogP contribution >= 0.6 is 11.3 Å². The molecule has 4 aromatic rings. The number of pyridine rings is 1. The van der Waals surface area contributed by atoms with E-state index in [1.807, 2.05) is 43.3 Å². The number of nitrogens with zero attached hydrogens (tertiary/aromatic N) is 2. The highest BCUT2D eigenvalue weighted by Crippen LogP contribution is 2.49. The minimum Gasteiger partial charge on any atom is -0.492 e. The summed E-state index contributed by atoms with van der Waals surface area (Å²) in [6.07, 6.45) is 4.65. The van der Waals surface area contributed by atoms with Crippen molar-refractivity contribution in [2.75, 3.05) is 13.2 Å². The number of amides is 1. The molecule has 1 saturated carbocycles. The molecule has 2 aromatic heterocycles. The van der Waals surface area contributed by atoms with Gasteiger partial charge in [-0.15, -0.1) is 0 Å². The molecular formula is C29H26N4O2S. The summed E-state index contributed by atoms with van der Waals surface area (Å²) in [4.78, 5) is 22.8. The van der Waals surface area contributed by atoms with Gasteiger partial charge in [-0.3, -0.25) is 9.78 Å². The standard InChI is InChI=1S/C29H26N4O2S/c1-18-5-6-21(35-17-20-9-13-31-20)16-23(18)28(34)33-29(10-11-29)24-14-19(26-7-8-27(30-2)36-26)15-25-22(24)4-3-12-32-25/h3-8,12,14-16,20,31H,9-11,13,17H2,1H3,(H,33,34)/t20-/m0/s1. The van der Waals surface area contributed by atoms with Crippen molar-refractivity contribution in [2.24, 2.45) is 0 Å². The summed E-state index contributed by atoms with van der Waals surface area (Å²) < 4.78 is 5.95. The number of rotatable bonds is 7. The highest BCUT2D eigenvalue weighted by Gasteiger charge is 2.47. The van der Waals surface area contributed by atoms with Gasteiger partial charge >= 0.3 is 0 Å². The predicted molar refractivity (Wildman–Crippen MR) is 143 cm³/mol. The van der Waals surface area contributed by atoms with Crippen LogP contribution in [-0.2, 0) is 5.54 Å². The van der Waals surface area contributed by atoms with Crippen LogP contribution in [0.4, 0.5) is 5.00 Å². The molecule has 6 rings (SSSR count). The molecule has 2 fully saturated rings. The van der Waals surface area contributed by atoms with Gasteiger partial charge in [-0.25, -0.2) is 4.85 Å². The van der Waals surface area contributed by atoms with Crippen LogP contribution in [-0.4, -0.2) is 30.1 Å². The average Bonchev–Trinajstić information content (AvgIpc) is 3.47. The Morgan fingerprint density at radius 1 is 1.25 bits per heavy atom. The zero-order valence-electron chi connectivity index (χ0n) is 20.0. The van der Waals surface area contributed by atoms with Crippen molar-refractivity contribution in [1.82, 2.24) is 15.6 Å². The lowest BCUT2D eigenvalue weighted by Gasteiger charge is -2.27. The molecule has 2 aliphatic rings. The molecule has 1 aliphatic carbocycles. The Balaban J connectivity index is 1.32. The van der Waals surface area contributed by atoms with E-state index in [0.717, 1.165) is 58.3 Å². The second-order valence-electron chi connectivity index (χ2n) is 9.61. The van der Waals surface area contributed by atoms with E-state index < -0.39 is 5.54 Å². The molecule has 2 N–H and O–H groups in total. The molecule has 1 atom stereocenters. The first-order valence-corrected chi connectivity index (χ1v) is 13.0. The normalized spacial score (nSPS) is 17.7. The number of fused-ring (bicyclic) bond motifs is 1. The maximum Gasteiger partial charge on any atom is 0.252 e. The number of nitrogens with one attached hydrogen (secondary N) is 2. The summed E-state index contributed by atoms with van der Waals surface area (Å²) in [6, 6.07) is 18.2. The molecule has 0 bridgehead atoms. The van der Waals surface area contributed by atoms with Crippen molar-refractivity contribution in [1.29, 1.82) is 0 Å². The number of ether oxygens (including phenoxy) is 1.